The van der Waals surface area contributed by atoms with E-state index in [1.807, 2.05) is 72.8 Å². The molecule has 0 radical (unpaired) electrons. The third kappa shape index (κ3) is 2.67. The number of aliphatic hydroxyl groups is 2. The first-order chi connectivity index (χ1) is 11.5. The Morgan fingerprint density at radius 3 is 1.33 bits per heavy atom. The zero-order chi connectivity index (χ0) is 17.2. The van der Waals surface area contributed by atoms with Gasteiger partial charge in [0.25, 0.3) is 0 Å². The fraction of sp³-hybridized carbons (Fsp3) is 0.300. The third-order valence-corrected chi connectivity index (χ3v) is 4.97. The van der Waals surface area contributed by atoms with Crippen molar-refractivity contribution in [2.24, 2.45) is 0 Å². The summed E-state index contributed by atoms with van der Waals surface area (Å²) in [5.74, 6) is -1.23. The summed E-state index contributed by atoms with van der Waals surface area (Å²) < 4.78 is 0. The van der Waals surface area contributed by atoms with E-state index in [0.717, 1.165) is 11.1 Å². The summed E-state index contributed by atoms with van der Waals surface area (Å²) in [5, 5.41) is 41.2. The van der Waals surface area contributed by atoms with Crippen LogP contribution in [0, 0.1) is 22.7 Å². The molecule has 4 unspecified atom stereocenters. The molecule has 1 saturated carbocycles. The number of nitrogens with zero attached hydrogens (tertiary/aromatic N) is 2. The van der Waals surface area contributed by atoms with E-state index in [2.05, 4.69) is 0 Å². The Kier molecular flexibility index (Phi) is 4.11. The predicted octanol–water partition coefficient (Wildman–Crippen LogP) is 2.86. The van der Waals surface area contributed by atoms with Crippen molar-refractivity contribution >= 4 is 0 Å². The van der Waals surface area contributed by atoms with Gasteiger partial charge < -0.3 is 10.2 Å². The van der Waals surface area contributed by atoms with Crippen LogP contribution in [0.2, 0.25) is 0 Å². The second kappa shape index (κ2) is 6.09. The van der Waals surface area contributed by atoms with E-state index in [0.29, 0.717) is 0 Å². The molecule has 4 nitrogen and oxygen atoms in total. The minimum absolute atomic E-state index is 0.0110. The molecule has 4 atom stereocenters. The van der Waals surface area contributed by atoms with Gasteiger partial charge in [0, 0.05) is 24.7 Å². The fourth-order valence-corrected chi connectivity index (χ4v) is 3.65. The Hall–Kier alpha value is -2.66. The predicted molar refractivity (Wildman–Crippen MR) is 88.7 cm³/mol. The fourth-order valence-electron chi connectivity index (χ4n) is 3.65. The Morgan fingerprint density at radius 2 is 1.04 bits per heavy atom. The monoisotopic (exact) mass is 318 g/mol. The standard InChI is InChI=1S/C20H18N2O2/c21-13-19(23)12-18(16-9-5-2-6-10-16)20(24,14-22)11-17(19)15-7-3-1-4-8-15/h1-10,17-18,23-24H,11-12H2. The maximum Gasteiger partial charge on any atom is 0.158 e. The second-order valence-corrected chi connectivity index (χ2v) is 6.41. The highest BCUT2D eigenvalue weighted by Crippen LogP contribution is 2.51. The van der Waals surface area contributed by atoms with Crippen LogP contribution in [0.25, 0.3) is 0 Å². The van der Waals surface area contributed by atoms with Crippen LogP contribution in [0.3, 0.4) is 0 Å². The van der Waals surface area contributed by atoms with Crippen molar-refractivity contribution in [2.45, 2.75) is 35.9 Å². The molecule has 0 amide bonds. The molecule has 0 saturated heterocycles. The molecule has 1 aliphatic rings. The van der Waals surface area contributed by atoms with E-state index in [9.17, 15) is 20.7 Å². The molecule has 0 heterocycles. The average molecular weight is 318 g/mol. The maximum atomic E-state index is 11.0. The van der Waals surface area contributed by atoms with Crippen LogP contribution in [0.4, 0.5) is 0 Å². The molecule has 0 bridgehead atoms. The van der Waals surface area contributed by atoms with Gasteiger partial charge in [-0.3, -0.25) is 0 Å². The van der Waals surface area contributed by atoms with Gasteiger partial charge in [-0.2, -0.15) is 10.5 Å². The van der Waals surface area contributed by atoms with Gasteiger partial charge in [-0.15, -0.1) is 0 Å². The molecule has 2 aromatic rings. The highest BCUT2D eigenvalue weighted by molar-refractivity contribution is 5.37. The lowest BCUT2D eigenvalue weighted by atomic mass is 9.60. The van der Waals surface area contributed by atoms with Crippen molar-refractivity contribution in [2.75, 3.05) is 0 Å². The summed E-state index contributed by atoms with van der Waals surface area (Å²) in [5.41, 5.74) is -1.76. The van der Waals surface area contributed by atoms with Crippen LogP contribution in [0.5, 0.6) is 0 Å². The lowest BCUT2D eigenvalue weighted by Crippen LogP contribution is -2.51. The van der Waals surface area contributed by atoms with E-state index >= 15 is 0 Å². The molecule has 0 spiro atoms. The molecule has 3 rings (SSSR count). The normalized spacial score (nSPS) is 32.5. The molecule has 24 heavy (non-hydrogen) atoms. The molecule has 1 aliphatic carbocycles. The summed E-state index contributed by atoms with van der Waals surface area (Å²) in [6.45, 7) is 0. The van der Waals surface area contributed by atoms with E-state index in [1.54, 1.807) is 0 Å². The average Bonchev–Trinajstić information content (AvgIpc) is 2.65. The summed E-state index contributed by atoms with van der Waals surface area (Å²) in [7, 11) is 0. The molecule has 120 valence electrons. The molecule has 0 aliphatic heterocycles. The van der Waals surface area contributed by atoms with Crippen molar-refractivity contribution < 1.29 is 10.2 Å². The smallest absolute Gasteiger partial charge is 0.158 e. The Morgan fingerprint density at radius 1 is 0.708 bits per heavy atom. The molecule has 2 N–H and O–H groups in total. The van der Waals surface area contributed by atoms with Gasteiger partial charge in [0.1, 0.15) is 0 Å². The van der Waals surface area contributed by atoms with Crippen molar-refractivity contribution in [3.63, 3.8) is 0 Å². The topological polar surface area (TPSA) is 88.0 Å². The van der Waals surface area contributed by atoms with Gasteiger partial charge in [0.05, 0.1) is 12.1 Å². The van der Waals surface area contributed by atoms with Crippen LogP contribution in [0.15, 0.2) is 60.7 Å². The second-order valence-electron chi connectivity index (χ2n) is 6.41. The molecule has 4 heteroatoms. The van der Waals surface area contributed by atoms with E-state index in [-0.39, 0.29) is 12.8 Å². The first-order valence-corrected chi connectivity index (χ1v) is 7.89. The van der Waals surface area contributed by atoms with Crippen LogP contribution in [-0.4, -0.2) is 21.4 Å². The first-order valence-electron chi connectivity index (χ1n) is 7.89. The zero-order valence-corrected chi connectivity index (χ0v) is 13.1. The largest absolute Gasteiger partial charge is 0.375 e. The summed E-state index contributed by atoms with van der Waals surface area (Å²) in [4.78, 5) is 0. The lowest BCUT2D eigenvalue weighted by Gasteiger charge is -2.45. The van der Waals surface area contributed by atoms with E-state index in [4.69, 9.17) is 0 Å². The lowest BCUT2D eigenvalue weighted by molar-refractivity contribution is -0.0576. The van der Waals surface area contributed by atoms with Crippen LogP contribution in [0.1, 0.15) is 35.8 Å². The Balaban J connectivity index is 2.07. The summed E-state index contributed by atoms with van der Waals surface area (Å²) in [6, 6.07) is 22.3. The minimum Gasteiger partial charge on any atom is -0.375 e. The molecule has 2 aromatic carbocycles. The van der Waals surface area contributed by atoms with Gasteiger partial charge in [-0.25, -0.2) is 0 Å². The molecular weight excluding hydrogens is 300 g/mol. The van der Waals surface area contributed by atoms with Gasteiger partial charge in [-0.1, -0.05) is 60.7 Å². The third-order valence-electron chi connectivity index (χ3n) is 4.97. The van der Waals surface area contributed by atoms with E-state index < -0.39 is 23.0 Å². The Labute approximate surface area is 141 Å². The SMILES string of the molecule is N#CC1(O)CC(c2ccccc2)C(O)(C#N)CC1c1ccccc1. The van der Waals surface area contributed by atoms with Crippen LogP contribution >= 0.6 is 0 Å². The number of hydrogen-bond donors (Lipinski definition) is 2. The molecular formula is C20H18N2O2. The zero-order valence-electron chi connectivity index (χ0n) is 13.1. The van der Waals surface area contributed by atoms with E-state index in [1.165, 1.54) is 0 Å². The van der Waals surface area contributed by atoms with Gasteiger partial charge in [0.15, 0.2) is 11.2 Å². The van der Waals surface area contributed by atoms with Crippen LogP contribution in [-0.2, 0) is 0 Å². The maximum absolute atomic E-state index is 11.0. The number of nitriles is 2. The summed E-state index contributed by atoms with van der Waals surface area (Å²) in [6.07, 6.45) is 0.0221. The minimum atomic E-state index is -1.63. The first kappa shape index (κ1) is 16.2. The summed E-state index contributed by atoms with van der Waals surface area (Å²) >= 11 is 0. The number of benzene rings is 2. The van der Waals surface area contributed by atoms with Crippen molar-refractivity contribution in [1.82, 2.24) is 0 Å². The Bertz CT molecular complexity index is 724. The van der Waals surface area contributed by atoms with Gasteiger partial charge >= 0.3 is 0 Å². The van der Waals surface area contributed by atoms with Gasteiger partial charge in [0.2, 0.25) is 0 Å². The van der Waals surface area contributed by atoms with Crippen molar-refractivity contribution in [1.29, 1.82) is 10.5 Å². The molecule has 1 fully saturated rings. The highest BCUT2D eigenvalue weighted by Gasteiger charge is 2.55. The quantitative estimate of drug-likeness (QED) is 0.833. The highest BCUT2D eigenvalue weighted by atomic mass is 16.3. The molecule has 0 aromatic heterocycles. The van der Waals surface area contributed by atoms with Crippen LogP contribution < -0.4 is 0 Å². The number of hydrogen-bond acceptors (Lipinski definition) is 4. The van der Waals surface area contributed by atoms with Gasteiger partial charge in [-0.05, 0) is 11.1 Å². The van der Waals surface area contributed by atoms with Crippen molar-refractivity contribution in [3.8, 4) is 12.1 Å². The number of rotatable bonds is 2. The van der Waals surface area contributed by atoms with Crippen molar-refractivity contribution in [3.05, 3.63) is 71.8 Å².